The number of ether oxygens (including phenoxy) is 2. The lowest BCUT2D eigenvalue weighted by atomic mass is 10.2. The van der Waals surface area contributed by atoms with Gasteiger partial charge in [0.15, 0.2) is 4.80 Å². The fourth-order valence-corrected chi connectivity index (χ4v) is 3.50. The smallest absolute Gasteiger partial charge is 0.279 e. The standard InChI is InChI=1S/C17H15FN2O3S/c1-20-14-12(22-2)8-9-13(23-3)15(14)24-17(20)19-16(21)10-4-6-11(18)7-5-10/h4-9H,1-3H3. The largest absolute Gasteiger partial charge is 0.495 e. The molecule has 5 nitrogen and oxygen atoms in total. The van der Waals surface area contributed by atoms with Gasteiger partial charge in [0.1, 0.15) is 27.5 Å². The minimum atomic E-state index is -0.435. The highest BCUT2D eigenvalue weighted by Crippen LogP contribution is 2.34. The summed E-state index contributed by atoms with van der Waals surface area (Å²) < 4.78 is 26.4. The van der Waals surface area contributed by atoms with Gasteiger partial charge in [-0.2, -0.15) is 4.99 Å². The predicted octanol–water partition coefficient (Wildman–Crippen LogP) is 3.14. The average molecular weight is 346 g/mol. The summed E-state index contributed by atoms with van der Waals surface area (Å²) in [7, 11) is 4.97. The van der Waals surface area contributed by atoms with Crippen LogP contribution in [0.25, 0.3) is 10.2 Å². The van der Waals surface area contributed by atoms with E-state index in [2.05, 4.69) is 4.99 Å². The van der Waals surface area contributed by atoms with Crippen LogP contribution in [-0.2, 0) is 7.05 Å². The van der Waals surface area contributed by atoms with Gasteiger partial charge in [-0.1, -0.05) is 11.3 Å². The number of thiazole rings is 1. The SMILES string of the molecule is COc1ccc(OC)c2c1sc(=NC(=O)c1ccc(F)cc1)n2C. The molecule has 0 bridgehead atoms. The average Bonchev–Trinajstić information content (AvgIpc) is 2.91. The van der Waals surface area contributed by atoms with Gasteiger partial charge in [-0.05, 0) is 36.4 Å². The third-order valence-corrected chi connectivity index (χ3v) is 4.75. The van der Waals surface area contributed by atoms with Gasteiger partial charge in [0.05, 0.1) is 14.2 Å². The molecule has 0 atom stereocenters. The molecule has 0 saturated carbocycles. The number of methoxy groups -OCH3 is 2. The van der Waals surface area contributed by atoms with Crippen LogP contribution in [0.5, 0.6) is 11.5 Å². The Kier molecular flexibility index (Phi) is 4.35. The first-order valence-electron chi connectivity index (χ1n) is 7.10. The second-order valence-electron chi connectivity index (χ2n) is 5.02. The van der Waals surface area contributed by atoms with E-state index in [1.807, 2.05) is 6.07 Å². The maximum absolute atomic E-state index is 13.0. The molecule has 24 heavy (non-hydrogen) atoms. The zero-order valence-electron chi connectivity index (χ0n) is 13.4. The molecule has 0 saturated heterocycles. The van der Waals surface area contributed by atoms with Gasteiger partial charge in [0, 0.05) is 12.6 Å². The Hall–Kier alpha value is -2.67. The number of benzene rings is 2. The first-order valence-corrected chi connectivity index (χ1v) is 7.92. The number of aromatic nitrogens is 1. The van der Waals surface area contributed by atoms with Gasteiger partial charge in [0.2, 0.25) is 0 Å². The number of amides is 1. The lowest BCUT2D eigenvalue weighted by Crippen LogP contribution is -2.13. The molecule has 0 aliphatic rings. The lowest BCUT2D eigenvalue weighted by Gasteiger charge is -2.06. The number of nitrogens with zero attached hydrogens (tertiary/aromatic N) is 2. The van der Waals surface area contributed by atoms with E-state index < -0.39 is 11.7 Å². The second-order valence-corrected chi connectivity index (χ2v) is 5.99. The Bertz CT molecular complexity index is 974. The molecule has 3 rings (SSSR count). The number of halogens is 1. The van der Waals surface area contributed by atoms with Crippen LogP contribution in [0.4, 0.5) is 4.39 Å². The fraction of sp³-hybridized carbons (Fsp3) is 0.176. The van der Waals surface area contributed by atoms with E-state index in [-0.39, 0.29) is 0 Å². The minimum absolute atomic E-state index is 0.327. The molecule has 0 aliphatic carbocycles. The van der Waals surface area contributed by atoms with Crippen LogP contribution >= 0.6 is 11.3 Å². The highest BCUT2D eigenvalue weighted by molar-refractivity contribution is 7.16. The zero-order chi connectivity index (χ0) is 17.3. The van der Waals surface area contributed by atoms with Crippen molar-refractivity contribution < 1.29 is 18.7 Å². The number of hydrogen-bond donors (Lipinski definition) is 0. The van der Waals surface area contributed by atoms with Gasteiger partial charge < -0.3 is 14.0 Å². The lowest BCUT2D eigenvalue weighted by molar-refractivity contribution is 0.0998. The Morgan fingerprint density at radius 2 is 1.71 bits per heavy atom. The maximum atomic E-state index is 13.0. The zero-order valence-corrected chi connectivity index (χ0v) is 14.2. The van der Waals surface area contributed by atoms with Crippen molar-refractivity contribution >= 4 is 27.5 Å². The number of fused-ring (bicyclic) bond motifs is 1. The van der Waals surface area contributed by atoms with Crippen molar-refractivity contribution in [3.05, 3.63) is 52.6 Å². The third kappa shape index (κ3) is 2.78. The predicted molar refractivity (Wildman–Crippen MR) is 90.2 cm³/mol. The van der Waals surface area contributed by atoms with E-state index in [4.69, 9.17) is 9.47 Å². The number of hydrogen-bond acceptors (Lipinski definition) is 4. The normalized spacial score (nSPS) is 11.8. The molecule has 124 valence electrons. The van der Waals surface area contributed by atoms with E-state index in [1.54, 1.807) is 31.9 Å². The number of rotatable bonds is 3. The van der Waals surface area contributed by atoms with Crippen LogP contribution in [0.3, 0.4) is 0 Å². The van der Waals surface area contributed by atoms with Crippen LogP contribution < -0.4 is 14.3 Å². The molecule has 0 spiro atoms. The van der Waals surface area contributed by atoms with Crippen molar-refractivity contribution in [2.75, 3.05) is 14.2 Å². The van der Waals surface area contributed by atoms with Gasteiger partial charge >= 0.3 is 0 Å². The molecular formula is C17H15FN2O3S. The Morgan fingerprint density at radius 3 is 2.33 bits per heavy atom. The first-order chi connectivity index (χ1) is 11.5. The van der Waals surface area contributed by atoms with Crippen LogP contribution in [0.15, 0.2) is 41.4 Å². The summed E-state index contributed by atoms with van der Waals surface area (Å²) in [5.74, 6) is 0.519. The summed E-state index contributed by atoms with van der Waals surface area (Å²) in [6, 6.07) is 8.91. The molecule has 7 heteroatoms. The minimum Gasteiger partial charge on any atom is -0.495 e. The number of carbonyl (C=O) groups excluding carboxylic acids is 1. The van der Waals surface area contributed by atoms with Crippen molar-refractivity contribution in [1.29, 1.82) is 0 Å². The third-order valence-electron chi connectivity index (χ3n) is 3.60. The summed E-state index contributed by atoms with van der Waals surface area (Å²) >= 11 is 1.33. The Morgan fingerprint density at radius 1 is 1.08 bits per heavy atom. The molecule has 2 aromatic carbocycles. The van der Waals surface area contributed by atoms with Crippen molar-refractivity contribution in [1.82, 2.24) is 4.57 Å². The molecular weight excluding hydrogens is 331 g/mol. The van der Waals surface area contributed by atoms with Crippen LogP contribution in [0.2, 0.25) is 0 Å². The molecule has 3 aromatic rings. The number of carbonyl (C=O) groups is 1. The summed E-state index contributed by atoms with van der Waals surface area (Å²) in [6.45, 7) is 0. The molecule has 1 amide bonds. The van der Waals surface area contributed by atoms with Crippen molar-refractivity contribution in [2.45, 2.75) is 0 Å². The Balaban J connectivity index is 2.17. The molecule has 0 unspecified atom stereocenters. The first kappa shape index (κ1) is 16.2. The van der Waals surface area contributed by atoms with E-state index in [0.717, 1.165) is 10.2 Å². The summed E-state index contributed by atoms with van der Waals surface area (Å²) in [5.41, 5.74) is 1.13. The topological polar surface area (TPSA) is 52.8 Å². The quantitative estimate of drug-likeness (QED) is 0.732. The van der Waals surface area contributed by atoms with E-state index in [0.29, 0.717) is 21.9 Å². The summed E-state index contributed by atoms with van der Waals surface area (Å²) in [6.07, 6.45) is 0. The fourth-order valence-electron chi connectivity index (χ4n) is 2.37. The van der Waals surface area contributed by atoms with Crippen LogP contribution in [-0.4, -0.2) is 24.7 Å². The second kappa shape index (κ2) is 6.45. The number of aryl methyl sites for hydroxylation is 1. The highest BCUT2D eigenvalue weighted by atomic mass is 32.1. The van der Waals surface area contributed by atoms with Crippen LogP contribution in [0, 0.1) is 5.82 Å². The van der Waals surface area contributed by atoms with Crippen molar-refractivity contribution in [3.63, 3.8) is 0 Å². The van der Waals surface area contributed by atoms with E-state index in [1.165, 1.54) is 35.6 Å². The van der Waals surface area contributed by atoms with Gasteiger partial charge in [-0.15, -0.1) is 0 Å². The molecule has 0 N–H and O–H groups in total. The molecule has 1 aromatic heterocycles. The summed E-state index contributed by atoms with van der Waals surface area (Å²) in [4.78, 5) is 17.0. The summed E-state index contributed by atoms with van der Waals surface area (Å²) in [5, 5.41) is 0. The molecule has 0 fully saturated rings. The molecule has 1 heterocycles. The van der Waals surface area contributed by atoms with E-state index >= 15 is 0 Å². The van der Waals surface area contributed by atoms with Crippen LogP contribution in [0.1, 0.15) is 10.4 Å². The van der Waals surface area contributed by atoms with Crippen molar-refractivity contribution in [2.24, 2.45) is 12.0 Å². The van der Waals surface area contributed by atoms with E-state index in [9.17, 15) is 9.18 Å². The maximum Gasteiger partial charge on any atom is 0.279 e. The molecule has 0 aliphatic heterocycles. The highest BCUT2D eigenvalue weighted by Gasteiger charge is 2.14. The van der Waals surface area contributed by atoms with Gasteiger partial charge in [-0.3, -0.25) is 4.79 Å². The molecule has 0 radical (unpaired) electrons. The Labute approximate surface area is 141 Å². The monoisotopic (exact) mass is 346 g/mol. The van der Waals surface area contributed by atoms with Crippen molar-refractivity contribution in [3.8, 4) is 11.5 Å². The van der Waals surface area contributed by atoms with Gasteiger partial charge in [0.25, 0.3) is 5.91 Å². The van der Waals surface area contributed by atoms with Gasteiger partial charge in [-0.25, -0.2) is 4.39 Å².